The molecule has 3 rings (SSSR count). The maximum atomic E-state index is 14.0. The van der Waals surface area contributed by atoms with Crippen molar-refractivity contribution in [2.75, 3.05) is 19.0 Å². The summed E-state index contributed by atoms with van der Waals surface area (Å²) in [7, 11) is 1.56. The standard InChI is InChI=1S/C21H27FN6O3/c1-12(2)27-16-7-18(28-19-13(8-26-28)6-14(31-5)9-24-19)23-10-15(16)20(29)25-11-17(22)21(3,4)30/h6-10,12,17,30H,11H2,1-5H3,(H,23,27)(H,25,29)/t17-/m1/s1. The summed E-state index contributed by atoms with van der Waals surface area (Å²) in [5.74, 6) is 0.584. The van der Waals surface area contributed by atoms with E-state index in [1.165, 1.54) is 20.0 Å². The molecular formula is C21H27FN6O3. The fourth-order valence-corrected chi connectivity index (χ4v) is 2.88. The van der Waals surface area contributed by atoms with Crippen LogP contribution in [-0.2, 0) is 0 Å². The second-order valence-electron chi connectivity index (χ2n) is 8.06. The third kappa shape index (κ3) is 5.08. The molecule has 1 atom stereocenters. The number of methoxy groups -OCH3 is 1. The molecule has 3 aromatic heterocycles. The lowest BCUT2D eigenvalue weighted by Gasteiger charge is -2.23. The van der Waals surface area contributed by atoms with Crippen LogP contribution in [0, 0.1) is 0 Å². The highest BCUT2D eigenvalue weighted by atomic mass is 19.1. The van der Waals surface area contributed by atoms with Gasteiger partial charge >= 0.3 is 0 Å². The number of amides is 1. The van der Waals surface area contributed by atoms with Gasteiger partial charge in [-0.15, -0.1) is 0 Å². The molecule has 3 heterocycles. The zero-order chi connectivity index (χ0) is 22.8. The van der Waals surface area contributed by atoms with Crippen molar-refractivity contribution in [2.24, 2.45) is 0 Å². The number of carbonyl (C=O) groups is 1. The Bertz CT molecular complexity index is 1080. The molecule has 0 saturated carbocycles. The zero-order valence-electron chi connectivity index (χ0n) is 18.2. The van der Waals surface area contributed by atoms with Crippen molar-refractivity contribution in [2.45, 2.75) is 45.5 Å². The SMILES string of the molecule is COc1cnc2c(cnn2-c2cc(NC(C)C)c(C(=O)NC[C@@H](F)C(C)(C)O)cn2)c1. The van der Waals surface area contributed by atoms with E-state index in [0.717, 1.165) is 5.39 Å². The van der Waals surface area contributed by atoms with Crippen LogP contribution in [0.15, 0.2) is 30.7 Å². The van der Waals surface area contributed by atoms with Crippen LogP contribution in [0.4, 0.5) is 10.1 Å². The summed E-state index contributed by atoms with van der Waals surface area (Å²) in [6, 6.07) is 3.54. The van der Waals surface area contributed by atoms with E-state index in [9.17, 15) is 14.3 Å². The van der Waals surface area contributed by atoms with Gasteiger partial charge in [-0.3, -0.25) is 4.79 Å². The molecule has 166 valence electrons. The van der Waals surface area contributed by atoms with Crippen LogP contribution in [0.2, 0.25) is 0 Å². The predicted octanol–water partition coefficient (Wildman–Crippen LogP) is 2.48. The van der Waals surface area contributed by atoms with Gasteiger partial charge in [0.2, 0.25) is 0 Å². The molecule has 0 aromatic carbocycles. The zero-order valence-corrected chi connectivity index (χ0v) is 18.2. The summed E-state index contributed by atoms with van der Waals surface area (Å²) < 4.78 is 20.8. The Hall–Kier alpha value is -3.27. The Morgan fingerprint density at radius 2 is 2.00 bits per heavy atom. The highest BCUT2D eigenvalue weighted by molar-refractivity contribution is 5.99. The minimum Gasteiger partial charge on any atom is -0.495 e. The van der Waals surface area contributed by atoms with Crippen molar-refractivity contribution in [3.63, 3.8) is 0 Å². The van der Waals surface area contributed by atoms with Crippen molar-refractivity contribution in [3.05, 3.63) is 36.3 Å². The van der Waals surface area contributed by atoms with Gasteiger partial charge in [0.25, 0.3) is 5.91 Å². The predicted molar refractivity (Wildman–Crippen MR) is 115 cm³/mol. The molecule has 0 radical (unpaired) electrons. The molecular weight excluding hydrogens is 403 g/mol. The number of hydrogen-bond donors (Lipinski definition) is 3. The van der Waals surface area contributed by atoms with Gasteiger partial charge in [0.05, 0.1) is 42.9 Å². The van der Waals surface area contributed by atoms with Gasteiger partial charge in [-0.25, -0.2) is 14.4 Å². The molecule has 0 fully saturated rings. The maximum absolute atomic E-state index is 14.0. The Kier molecular flexibility index (Phi) is 6.40. The minimum absolute atomic E-state index is 0.0313. The number of anilines is 1. The first-order valence-electron chi connectivity index (χ1n) is 9.89. The van der Waals surface area contributed by atoms with Gasteiger partial charge in [0.15, 0.2) is 11.5 Å². The number of aromatic nitrogens is 4. The molecule has 1 amide bonds. The van der Waals surface area contributed by atoms with Gasteiger partial charge < -0.3 is 20.5 Å². The van der Waals surface area contributed by atoms with Crippen LogP contribution in [-0.4, -0.2) is 62.2 Å². The largest absolute Gasteiger partial charge is 0.495 e. The molecule has 0 saturated heterocycles. The summed E-state index contributed by atoms with van der Waals surface area (Å²) >= 11 is 0. The van der Waals surface area contributed by atoms with Crippen LogP contribution in [0.5, 0.6) is 5.75 Å². The summed E-state index contributed by atoms with van der Waals surface area (Å²) in [6.07, 6.45) is 3.04. The summed E-state index contributed by atoms with van der Waals surface area (Å²) in [4.78, 5) is 21.4. The molecule has 0 aliphatic heterocycles. The van der Waals surface area contributed by atoms with Crippen LogP contribution < -0.4 is 15.4 Å². The molecule has 0 unspecified atom stereocenters. The number of halogens is 1. The third-order valence-corrected chi connectivity index (χ3v) is 4.62. The number of aliphatic hydroxyl groups is 1. The Balaban J connectivity index is 1.92. The van der Waals surface area contributed by atoms with Crippen molar-refractivity contribution < 1.29 is 19.0 Å². The Labute approximate surface area is 179 Å². The van der Waals surface area contributed by atoms with E-state index in [-0.39, 0.29) is 18.2 Å². The second-order valence-corrected chi connectivity index (χ2v) is 8.06. The number of fused-ring (bicyclic) bond motifs is 1. The number of nitrogens with zero attached hydrogens (tertiary/aromatic N) is 4. The third-order valence-electron chi connectivity index (χ3n) is 4.62. The molecule has 9 nitrogen and oxygen atoms in total. The van der Waals surface area contributed by atoms with E-state index in [1.54, 1.807) is 30.3 Å². The van der Waals surface area contributed by atoms with Crippen LogP contribution >= 0.6 is 0 Å². The summed E-state index contributed by atoms with van der Waals surface area (Å²) in [6.45, 7) is 6.25. The fourth-order valence-electron chi connectivity index (χ4n) is 2.88. The van der Waals surface area contributed by atoms with E-state index in [2.05, 4.69) is 25.7 Å². The van der Waals surface area contributed by atoms with E-state index in [1.807, 2.05) is 19.9 Å². The topological polar surface area (TPSA) is 114 Å². The molecule has 3 N–H and O–H groups in total. The van der Waals surface area contributed by atoms with Crippen LogP contribution in [0.25, 0.3) is 16.9 Å². The molecule has 0 aliphatic carbocycles. The quantitative estimate of drug-likeness (QED) is 0.503. The van der Waals surface area contributed by atoms with Gasteiger partial charge in [-0.05, 0) is 33.8 Å². The second kappa shape index (κ2) is 8.84. The monoisotopic (exact) mass is 430 g/mol. The van der Waals surface area contributed by atoms with Crippen molar-refractivity contribution in [3.8, 4) is 11.6 Å². The van der Waals surface area contributed by atoms with Gasteiger partial charge in [-0.1, -0.05) is 0 Å². The van der Waals surface area contributed by atoms with Gasteiger partial charge in [0, 0.05) is 23.7 Å². The highest BCUT2D eigenvalue weighted by Gasteiger charge is 2.27. The first-order chi connectivity index (χ1) is 14.6. The van der Waals surface area contributed by atoms with Gasteiger partial charge in [0.1, 0.15) is 11.9 Å². The number of alkyl halides is 1. The molecule has 0 aliphatic rings. The molecule has 10 heteroatoms. The molecule has 0 spiro atoms. The maximum Gasteiger partial charge on any atom is 0.255 e. The van der Waals surface area contributed by atoms with Crippen LogP contribution in [0.1, 0.15) is 38.1 Å². The van der Waals surface area contributed by atoms with Gasteiger partial charge in [-0.2, -0.15) is 9.78 Å². The van der Waals surface area contributed by atoms with E-state index >= 15 is 0 Å². The number of nitrogens with one attached hydrogen (secondary N) is 2. The van der Waals surface area contributed by atoms with Crippen molar-refractivity contribution in [1.82, 2.24) is 25.1 Å². The lowest BCUT2D eigenvalue weighted by molar-refractivity contribution is -0.00177. The lowest BCUT2D eigenvalue weighted by atomic mass is 10.0. The van der Waals surface area contributed by atoms with Crippen molar-refractivity contribution in [1.29, 1.82) is 0 Å². The number of ether oxygens (including phenoxy) is 1. The summed E-state index contributed by atoms with van der Waals surface area (Å²) in [5, 5.41) is 20.6. The lowest BCUT2D eigenvalue weighted by Crippen LogP contribution is -2.42. The molecule has 0 bridgehead atoms. The molecule has 31 heavy (non-hydrogen) atoms. The van der Waals surface area contributed by atoms with E-state index < -0.39 is 17.7 Å². The number of rotatable bonds is 8. The van der Waals surface area contributed by atoms with Crippen LogP contribution in [0.3, 0.4) is 0 Å². The Morgan fingerprint density at radius 1 is 1.26 bits per heavy atom. The first-order valence-corrected chi connectivity index (χ1v) is 9.89. The Morgan fingerprint density at radius 3 is 2.65 bits per heavy atom. The number of hydrogen-bond acceptors (Lipinski definition) is 7. The van der Waals surface area contributed by atoms with E-state index in [4.69, 9.17) is 4.74 Å². The number of pyridine rings is 2. The average Bonchev–Trinajstić information content (AvgIpc) is 3.13. The highest BCUT2D eigenvalue weighted by Crippen LogP contribution is 2.23. The smallest absolute Gasteiger partial charge is 0.255 e. The fraction of sp³-hybridized carbons (Fsp3) is 0.429. The number of carbonyl (C=O) groups excluding carboxylic acids is 1. The normalized spacial score (nSPS) is 12.8. The molecule has 3 aromatic rings. The average molecular weight is 430 g/mol. The van der Waals surface area contributed by atoms with Crippen molar-refractivity contribution >= 4 is 22.6 Å². The minimum atomic E-state index is -1.61. The summed E-state index contributed by atoms with van der Waals surface area (Å²) in [5.41, 5.74) is -0.183. The first kappa shape index (κ1) is 22.4. The van der Waals surface area contributed by atoms with E-state index in [0.29, 0.717) is 22.9 Å².